The van der Waals surface area contributed by atoms with Crippen molar-refractivity contribution in [3.8, 4) is 0 Å². The predicted molar refractivity (Wildman–Crippen MR) is 28.7 cm³/mol. The molecule has 0 fully saturated rings. The molecule has 0 aromatic carbocycles. The van der Waals surface area contributed by atoms with Gasteiger partial charge in [-0.3, -0.25) is 0 Å². The van der Waals surface area contributed by atoms with Gasteiger partial charge < -0.3 is 4.98 Å². The van der Waals surface area contributed by atoms with Gasteiger partial charge in [0.25, 0.3) is 0 Å². The predicted octanol–water partition coefficient (Wildman–Crippen LogP) is 0.254. The summed E-state index contributed by atoms with van der Waals surface area (Å²) < 4.78 is 4.37. The van der Waals surface area contributed by atoms with E-state index in [0.29, 0.717) is 11.3 Å². The highest BCUT2D eigenvalue weighted by Gasteiger charge is 2.02. The van der Waals surface area contributed by atoms with Gasteiger partial charge in [0, 0.05) is 0 Å². The lowest BCUT2D eigenvalue weighted by Crippen LogP contribution is -1.71. The Bertz CT molecular complexity index is 293. The molecule has 0 aliphatic carbocycles. The molecule has 2 heterocycles. The topological polar surface area (TPSA) is 67.6 Å². The number of imidazole rings is 1. The maximum atomic E-state index is 4.37. The van der Waals surface area contributed by atoms with Crippen LogP contribution in [0.25, 0.3) is 11.3 Å². The minimum absolute atomic E-state index is 0.535. The minimum atomic E-state index is 0.535. The highest BCUT2D eigenvalue weighted by atomic mass is 16.6. The van der Waals surface area contributed by atoms with Crippen LogP contribution < -0.4 is 0 Å². The van der Waals surface area contributed by atoms with Crippen LogP contribution in [-0.4, -0.2) is 20.3 Å². The normalized spacial score (nSPS) is 10.8. The number of nitrogens with one attached hydrogen (secondary N) is 1. The van der Waals surface area contributed by atoms with E-state index in [1.165, 1.54) is 0 Å². The molecule has 0 aliphatic heterocycles. The zero-order chi connectivity index (χ0) is 6.27. The summed E-state index contributed by atoms with van der Waals surface area (Å²) in [4.78, 5) is 6.81. The summed E-state index contributed by atoms with van der Waals surface area (Å²) in [6.07, 6.45) is 0. The van der Waals surface area contributed by atoms with Gasteiger partial charge in [-0.2, -0.15) is 0 Å². The van der Waals surface area contributed by atoms with Crippen LogP contribution >= 0.6 is 0 Å². The van der Waals surface area contributed by atoms with Crippen molar-refractivity contribution in [2.45, 2.75) is 6.92 Å². The second-order valence-electron chi connectivity index (χ2n) is 1.76. The first kappa shape index (κ1) is 4.49. The fraction of sp³-hybridized carbons (Fsp3) is 0.250. The molecule has 46 valence electrons. The van der Waals surface area contributed by atoms with Gasteiger partial charge in [-0.15, -0.1) is 0 Å². The molecule has 9 heavy (non-hydrogen) atoms. The molecule has 0 amide bonds. The maximum Gasteiger partial charge on any atom is 0.243 e. The standard InChI is InChI=1S/C4H4N4O/c1-2-5-3-4(6-2)8-9-7-3/h1H3,(H,5,6,7,8). The Morgan fingerprint density at radius 1 is 1.44 bits per heavy atom. The molecule has 2 aromatic rings. The summed E-state index contributed by atoms with van der Waals surface area (Å²) in [5.41, 5.74) is 1.14. The van der Waals surface area contributed by atoms with Gasteiger partial charge in [-0.05, 0) is 17.2 Å². The molecule has 2 rings (SSSR count). The highest BCUT2D eigenvalue weighted by Crippen LogP contribution is 2.02. The monoisotopic (exact) mass is 124 g/mol. The molecule has 0 radical (unpaired) electrons. The first-order valence-corrected chi connectivity index (χ1v) is 2.51. The molecule has 0 saturated carbocycles. The molecule has 2 aromatic heterocycles. The summed E-state index contributed by atoms with van der Waals surface area (Å²) in [6.45, 7) is 1.84. The summed E-state index contributed by atoms with van der Waals surface area (Å²) in [5.74, 6) is 0.802. The van der Waals surface area contributed by atoms with E-state index in [9.17, 15) is 0 Å². The van der Waals surface area contributed by atoms with Crippen molar-refractivity contribution in [1.82, 2.24) is 20.3 Å². The van der Waals surface area contributed by atoms with Crippen LogP contribution in [-0.2, 0) is 0 Å². The molecule has 0 saturated heterocycles. The van der Waals surface area contributed by atoms with E-state index in [0.717, 1.165) is 5.82 Å². The van der Waals surface area contributed by atoms with E-state index >= 15 is 0 Å². The molecule has 0 aliphatic rings. The Morgan fingerprint density at radius 2 is 2.33 bits per heavy atom. The smallest absolute Gasteiger partial charge is 0.243 e. The van der Waals surface area contributed by atoms with Gasteiger partial charge in [-0.25, -0.2) is 9.61 Å². The summed E-state index contributed by atoms with van der Waals surface area (Å²) in [5, 5.41) is 7.05. The van der Waals surface area contributed by atoms with Crippen molar-refractivity contribution in [3.05, 3.63) is 5.82 Å². The first-order chi connectivity index (χ1) is 4.36. The van der Waals surface area contributed by atoms with E-state index < -0.39 is 0 Å². The molecular formula is C4H4N4O. The fourth-order valence-electron chi connectivity index (χ4n) is 0.694. The quantitative estimate of drug-likeness (QED) is 0.546. The lowest BCUT2D eigenvalue weighted by molar-refractivity contribution is 0.313. The molecule has 5 nitrogen and oxygen atoms in total. The molecule has 5 heteroatoms. The van der Waals surface area contributed by atoms with Crippen molar-refractivity contribution >= 4 is 11.3 Å². The molecule has 1 N–H and O–H groups in total. The number of hydrogen-bond acceptors (Lipinski definition) is 4. The van der Waals surface area contributed by atoms with E-state index in [4.69, 9.17) is 0 Å². The Labute approximate surface area is 50.0 Å². The third-order valence-corrected chi connectivity index (χ3v) is 1.04. The largest absolute Gasteiger partial charge is 0.323 e. The van der Waals surface area contributed by atoms with Crippen molar-refractivity contribution < 1.29 is 4.63 Å². The maximum absolute atomic E-state index is 4.37. The van der Waals surface area contributed by atoms with Gasteiger partial charge in [0.05, 0.1) is 0 Å². The summed E-state index contributed by atoms with van der Waals surface area (Å²) >= 11 is 0. The SMILES string of the molecule is Cc1nc2nonc2[nH]1. The lowest BCUT2D eigenvalue weighted by atomic mass is 10.8. The molecular weight excluding hydrogens is 120 g/mol. The van der Waals surface area contributed by atoms with Crippen molar-refractivity contribution in [3.63, 3.8) is 0 Å². The Kier molecular flexibility index (Phi) is 0.652. The first-order valence-electron chi connectivity index (χ1n) is 2.51. The van der Waals surface area contributed by atoms with Crippen LogP contribution in [0.2, 0.25) is 0 Å². The van der Waals surface area contributed by atoms with Crippen LogP contribution in [0.5, 0.6) is 0 Å². The van der Waals surface area contributed by atoms with E-state index in [1.54, 1.807) is 0 Å². The van der Waals surface area contributed by atoms with Gasteiger partial charge in [-0.1, -0.05) is 0 Å². The van der Waals surface area contributed by atoms with E-state index in [1.807, 2.05) is 6.92 Å². The number of nitrogens with zero attached hydrogens (tertiary/aromatic N) is 3. The third kappa shape index (κ3) is 0.509. The average molecular weight is 124 g/mol. The number of H-pyrrole nitrogens is 1. The average Bonchev–Trinajstić information content (AvgIpc) is 2.22. The van der Waals surface area contributed by atoms with E-state index in [-0.39, 0.29) is 0 Å². The van der Waals surface area contributed by atoms with Crippen molar-refractivity contribution in [2.75, 3.05) is 0 Å². The molecule has 0 bridgehead atoms. The fourth-order valence-corrected chi connectivity index (χ4v) is 0.694. The van der Waals surface area contributed by atoms with Crippen LogP contribution in [0.15, 0.2) is 4.63 Å². The molecule has 0 unspecified atom stereocenters. The highest BCUT2D eigenvalue weighted by molar-refractivity contribution is 5.63. The summed E-state index contributed by atoms with van der Waals surface area (Å²) in [6, 6.07) is 0. The number of fused-ring (bicyclic) bond motifs is 1. The molecule has 0 atom stereocenters. The van der Waals surface area contributed by atoms with Crippen molar-refractivity contribution in [1.29, 1.82) is 0 Å². The Balaban J connectivity index is 2.92. The van der Waals surface area contributed by atoms with E-state index in [2.05, 4.69) is 24.9 Å². The number of aromatic amines is 1. The number of aromatic nitrogens is 4. The van der Waals surface area contributed by atoms with Crippen LogP contribution in [0.1, 0.15) is 5.82 Å². The molecule has 0 spiro atoms. The van der Waals surface area contributed by atoms with Crippen LogP contribution in [0, 0.1) is 6.92 Å². The minimum Gasteiger partial charge on any atom is -0.323 e. The van der Waals surface area contributed by atoms with Gasteiger partial charge >= 0.3 is 0 Å². The Morgan fingerprint density at radius 3 is 3.11 bits per heavy atom. The lowest BCUT2D eigenvalue weighted by Gasteiger charge is -1.71. The number of hydrogen-bond donors (Lipinski definition) is 1. The second kappa shape index (κ2) is 1.31. The second-order valence-corrected chi connectivity index (χ2v) is 1.76. The van der Waals surface area contributed by atoms with Crippen molar-refractivity contribution in [2.24, 2.45) is 0 Å². The zero-order valence-electron chi connectivity index (χ0n) is 4.75. The zero-order valence-corrected chi connectivity index (χ0v) is 4.75. The van der Waals surface area contributed by atoms with Gasteiger partial charge in [0.2, 0.25) is 11.3 Å². The van der Waals surface area contributed by atoms with Gasteiger partial charge in [0.15, 0.2) is 0 Å². The third-order valence-electron chi connectivity index (χ3n) is 1.04. The number of aryl methyl sites for hydroxylation is 1. The summed E-state index contributed by atoms with van der Waals surface area (Å²) in [7, 11) is 0. The van der Waals surface area contributed by atoms with Gasteiger partial charge in [0.1, 0.15) is 5.82 Å². The van der Waals surface area contributed by atoms with Crippen LogP contribution in [0.4, 0.5) is 0 Å². The van der Waals surface area contributed by atoms with Crippen LogP contribution in [0.3, 0.4) is 0 Å². The Hall–Kier alpha value is -1.39. The number of rotatable bonds is 0.